The van der Waals surface area contributed by atoms with Crippen molar-refractivity contribution in [2.45, 2.75) is 77.5 Å². The zero-order valence-corrected chi connectivity index (χ0v) is 21.4. The highest BCUT2D eigenvalue weighted by molar-refractivity contribution is 9.10. The molecule has 2 N–H and O–H groups in total. The fraction of sp³-hybridized carbons (Fsp3) is 0.583. The predicted molar refractivity (Wildman–Crippen MR) is 128 cm³/mol. The number of likely N-dealkylation sites (tertiary alicyclic amines) is 1. The Hall–Kier alpha value is -2.49. The smallest absolute Gasteiger partial charge is 0.411 e. The number of carbonyl (C=O) groups is 3. The van der Waals surface area contributed by atoms with Crippen molar-refractivity contribution in [3.8, 4) is 0 Å². The summed E-state index contributed by atoms with van der Waals surface area (Å²) in [6.45, 7) is 7.42. The van der Waals surface area contributed by atoms with Gasteiger partial charge in [0.1, 0.15) is 27.9 Å². The number of hydrogen-bond donors (Lipinski definition) is 2. The number of allylic oxidation sites excluding steroid dienone is 1. The van der Waals surface area contributed by atoms with E-state index < -0.39 is 29.1 Å². The van der Waals surface area contributed by atoms with E-state index in [2.05, 4.69) is 31.5 Å². The first-order valence-corrected chi connectivity index (χ1v) is 12.3. The van der Waals surface area contributed by atoms with Crippen molar-refractivity contribution in [1.82, 2.24) is 15.2 Å². The minimum atomic E-state index is -0.770. The highest BCUT2D eigenvalue weighted by atomic mass is 79.9. The molecular weight excluding hydrogens is 507 g/mol. The van der Waals surface area contributed by atoms with Crippen LogP contribution in [0.15, 0.2) is 28.1 Å². The van der Waals surface area contributed by atoms with Crippen molar-refractivity contribution in [2.75, 3.05) is 11.9 Å². The lowest BCUT2D eigenvalue weighted by atomic mass is 9.98. The van der Waals surface area contributed by atoms with Crippen molar-refractivity contribution in [1.29, 1.82) is 0 Å². The zero-order valence-electron chi connectivity index (χ0n) is 19.8. The van der Waals surface area contributed by atoms with Crippen LogP contribution in [0.5, 0.6) is 0 Å². The number of anilines is 1. The number of amides is 3. The van der Waals surface area contributed by atoms with Crippen LogP contribution in [0, 0.1) is 12.3 Å². The number of ether oxygens (including phenoxy) is 1. The molecule has 34 heavy (non-hydrogen) atoms. The third-order valence-electron chi connectivity index (χ3n) is 6.66. The molecule has 0 aromatic carbocycles. The molecule has 3 amide bonds. The predicted octanol–water partition coefficient (Wildman–Crippen LogP) is 4.38. The number of aryl methyl sites for hydroxylation is 1. The fourth-order valence-corrected chi connectivity index (χ4v) is 5.14. The molecule has 1 saturated carbocycles. The first-order chi connectivity index (χ1) is 15.9. The molecule has 10 heteroatoms. The maximum atomic E-state index is 13.9. The molecule has 1 aromatic rings. The highest BCUT2D eigenvalue weighted by Crippen LogP contribution is 2.59. The van der Waals surface area contributed by atoms with E-state index in [0.717, 1.165) is 5.56 Å². The number of pyridine rings is 1. The summed E-state index contributed by atoms with van der Waals surface area (Å²) < 4.78 is 20.1. The van der Waals surface area contributed by atoms with E-state index in [0.29, 0.717) is 42.5 Å². The Labute approximate surface area is 206 Å². The summed E-state index contributed by atoms with van der Waals surface area (Å²) in [7, 11) is 0. The number of fused-ring (bicyclic) bond motifs is 1. The van der Waals surface area contributed by atoms with Gasteiger partial charge in [-0.3, -0.25) is 14.5 Å². The molecule has 4 rings (SSSR count). The molecule has 1 saturated heterocycles. The molecule has 0 bridgehead atoms. The van der Waals surface area contributed by atoms with E-state index in [4.69, 9.17) is 4.74 Å². The van der Waals surface area contributed by atoms with Gasteiger partial charge in [-0.2, -0.15) is 0 Å². The van der Waals surface area contributed by atoms with Crippen LogP contribution in [-0.4, -0.2) is 52.0 Å². The van der Waals surface area contributed by atoms with Gasteiger partial charge < -0.3 is 15.4 Å². The molecule has 0 spiro atoms. The molecule has 2 fully saturated rings. The second kappa shape index (κ2) is 8.94. The Morgan fingerprint density at radius 3 is 2.65 bits per heavy atom. The standard InChI is InChI=1S/C24H30BrFN4O4/c1-13-8-9-18(25)28-19(13)29-21(32)16-10-24(12-27-20(31)14-6-5-7-15(14)26)11-17(24)30(16)22(33)34-23(2,3)4/h8-9,16-17H,5-7,10-12H2,1-4H3,(H,27,31)(H,28,29,32)/t16-,17?,24-/m0/s1. The molecule has 1 aromatic heterocycles. The Balaban J connectivity index is 1.51. The van der Waals surface area contributed by atoms with Crippen LogP contribution in [0.2, 0.25) is 0 Å². The van der Waals surface area contributed by atoms with Crippen LogP contribution in [0.1, 0.15) is 58.4 Å². The van der Waals surface area contributed by atoms with E-state index in [1.54, 1.807) is 26.8 Å². The molecule has 0 radical (unpaired) electrons. The number of rotatable bonds is 5. The summed E-state index contributed by atoms with van der Waals surface area (Å²) >= 11 is 3.31. The summed E-state index contributed by atoms with van der Waals surface area (Å²) in [6.07, 6.45) is 1.83. The summed E-state index contributed by atoms with van der Waals surface area (Å²) in [5, 5.41) is 5.69. The third-order valence-corrected chi connectivity index (χ3v) is 7.10. The summed E-state index contributed by atoms with van der Waals surface area (Å²) in [4.78, 5) is 44.7. The van der Waals surface area contributed by atoms with Gasteiger partial charge in [0.05, 0.1) is 0 Å². The van der Waals surface area contributed by atoms with Gasteiger partial charge in [-0.05, 0) is 87.4 Å². The van der Waals surface area contributed by atoms with E-state index in [1.807, 2.05) is 13.0 Å². The molecule has 1 unspecified atom stereocenters. The van der Waals surface area contributed by atoms with E-state index >= 15 is 0 Å². The molecule has 2 aliphatic carbocycles. The number of piperidine rings is 1. The van der Waals surface area contributed by atoms with Gasteiger partial charge in [-0.15, -0.1) is 0 Å². The highest BCUT2D eigenvalue weighted by Gasteiger charge is 2.68. The lowest BCUT2D eigenvalue weighted by molar-refractivity contribution is -0.121. The summed E-state index contributed by atoms with van der Waals surface area (Å²) in [6, 6.07) is 2.60. The van der Waals surface area contributed by atoms with E-state index in [9.17, 15) is 18.8 Å². The number of halogens is 2. The first kappa shape index (κ1) is 24.6. The quantitative estimate of drug-likeness (QED) is 0.543. The summed E-state index contributed by atoms with van der Waals surface area (Å²) in [5.41, 5.74) is -0.163. The van der Waals surface area contributed by atoms with Crippen molar-refractivity contribution in [2.24, 2.45) is 5.41 Å². The van der Waals surface area contributed by atoms with Crippen LogP contribution in [0.4, 0.5) is 15.0 Å². The first-order valence-electron chi connectivity index (χ1n) is 11.5. The SMILES string of the molecule is Cc1ccc(Br)nc1NC(=O)[C@@H]1C[C@@]2(CNC(=O)C3=C(F)CCC3)CC2N1C(=O)OC(C)(C)C. The normalized spacial score (nSPS) is 25.8. The van der Waals surface area contributed by atoms with Crippen LogP contribution in [0.3, 0.4) is 0 Å². The number of aromatic nitrogens is 1. The largest absolute Gasteiger partial charge is 0.444 e. The van der Waals surface area contributed by atoms with Gasteiger partial charge in [0.15, 0.2) is 0 Å². The molecule has 3 atom stereocenters. The van der Waals surface area contributed by atoms with Crippen molar-refractivity contribution >= 4 is 39.7 Å². The molecule has 2 heterocycles. The van der Waals surface area contributed by atoms with Gasteiger partial charge in [0.2, 0.25) is 11.8 Å². The minimum Gasteiger partial charge on any atom is -0.444 e. The Kier molecular flexibility index (Phi) is 6.48. The number of nitrogens with zero attached hydrogens (tertiary/aromatic N) is 2. The lowest BCUT2D eigenvalue weighted by Gasteiger charge is -2.29. The lowest BCUT2D eigenvalue weighted by Crippen LogP contribution is -2.47. The van der Waals surface area contributed by atoms with Crippen LogP contribution in [0.25, 0.3) is 0 Å². The second-order valence-electron chi connectivity index (χ2n) is 10.4. The Morgan fingerprint density at radius 1 is 1.26 bits per heavy atom. The average molecular weight is 537 g/mol. The topological polar surface area (TPSA) is 101 Å². The minimum absolute atomic E-state index is 0.209. The maximum Gasteiger partial charge on any atom is 0.411 e. The van der Waals surface area contributed by atoms with Crippen molar-refractivity contribution in [3.63, 3.8) is 0 Å². The van der Waals surface area contributed by atoms with Gasteiger partial charge in [0, 0.05) is 23.6 Å². The molecular formula is C24H30BrFN4O4. The van der Waals surface area contributed by atoms with Crippen LogP contribution in [-0.2, 0) is 14.3 Å². The van der Waals surface area contributed by atoms with Gasteiger partial charge in [-0.1, -0.05) is 6.07 Å². The molecule has 3 aliphatic rings. The van der Waals surface area contributed by atoms with Gasteiger partial charge >= 0.3 is 6.09 Å². The molecule has 8 nitrogen and oxygen atoms in total. The second-order valence-corrected chi connectivity index (χ2v) is 11.2. The van der Waals surface area contributed by atoms with Crippen molar-refractivity contribution in [3.05, 3.63) is 33.7 Å². The Morgan fingerprint density at radius 2 is 2.00 bits per heavy atom. The number of hydrogen-bond acceptors (Lipinski definition) is 5. The molecule has 184 valence electrons. The van der Waals surface area contributed by atoms with E-state index in [-0.39, 0.29) is 29.9 Å². The Bertz CT molecular complexity index is 1070. The fourth-order valence-electron chi connectivity index (χ4n) is 4.83. The maximum absolute atomic E-state index is 13.9. The number of nitrogens with one attached hydrogen (secondary N) is 2. The third kappa shape index (κ3) is 4.96. The number of carbonyl (C=O) groups excluding carboxylic acids is 3. The van der Waals surface area contributed by atoms with Gasteiger partial charge in [-0.25, -0.2) is 14.2 Å². The van der Waals surface area contributed by atoms with Crippen LogP contribution >= 0.6 is 15.9 Å². The summed E-state index contributed by atoms with van der Waals surface area (Å²) in [5.74, 6) is -0.698. The zero-order chi connectivity index (χ0) is 24.8. The van der Waals surface area contributed by atoms with Crippen molar-refractivity contribution < 1.29 is 23.5 Å². The van der Waals surface area contributed by atoms with Gasteiger partial charge in [0.25, 0.3) is 0 Å². The average Bonchev–Trinajstić information content (AvgIpc) is 3.09. The van der Waals surface area contributed by atoms with E-state index in [1.165, 1.54) is 4.90 Å². The van der Waals surface area contributed by atoms with Crippen LogP contribution < -0.4 is 10.6 Å². The monoisotopic (exact) mass is 536 g/mol. The molecule has 1 aliphatic heterocycles.